The molecule has 2 heterocycles. The summed E-state index contributed by atoms with van der Waals surface area (Å²) in [4.78, 5) is 19.2. The van der Waals surface area contributed by atoms with Crippen molar-refractivity contribution in [1.82, 2.24) is 9.97 Å². The van der Waals surface area contributed by atoms with Crippen LogP contribution in [0, 0.1) is 5.82 Å². The van der Waals surface area contributed by atoms with Crippen LogP contribution in [0.5, 0.6) is 0 Å². The summed E-state index contributed by atoms with van der Waals surface area (Å²) < 4.78 is 13.2. The normalized spacial score (nSPS) is 10.8. The number of nitrogens with two attached hydrogens (primary N) is 1. The predicted octanol–water partition coefficient (Wildman–Crippen LogP) is 2.35. The minimum atomic E-state index is -0.503. The maximum atomic E-state index is 13.2. The van der Waals surface area contributed by atoms with Crippen molar-refractivity contribution in [2.45, 2.75) is 0 Å². The number of fused-ring (bicyclic) bond motifs is 1. The summed E-state index contributed by atoms with van der Waals surface area (Å²) in [6.07, 6.45) is 1.66. The molecule has 1 aromatic carbocycles. The van der Waals surface area contributed by atoms with E-state index in [1.165, 1.54) is 18.2 Å². The molecule has 0 saturated carbocycles. The summed E-state index contributed by atoms with van der Waals surface area (Å²) in [5.41, 5.74) is 6.97. The Bertz CT molecular complexity index is 888. The fourth-order valence-electron chi connectivity index (χ4n) is 2.16. The van der Waals surface area contributed by atoms with Gasteiger partial charge in [0.1, 0.15) is 11.6 Å². The zero-order valence-electron chi connectivity index (χ0n) is 11.3. The van der Waals surface area contributed by atoms with E-state index in [2.05, 4.69) is 15.3 Å². The summed E-state index contributed by atoms with van der Waals surface area (Å²) in [6, 6.07) is 7.68. The van der Waals surface area contributed by atoms with Gasteiger partial charge in [-0.1, -0.05) is 6.07 Å². The minimum absolute atomic E-state index is 0.00986. The number of hydrogen-bond acceptors (Lipinski definition) is 4. The van der Waals surface area contributed by atoms with Gasteiger partial charge in [0.05, 0.1) is 11.2 Å². The fraction of sp³-hybridized carbons (Fsp3) is 0.0667. The molecule has 2 aromatic heterocycles. The molecule has 0 saturated heterocycles. The maximum absolute atomic E-state index is 13.2. The number of halogens is 1. The van der Waals surface area contributed by atoms with E-state index in [0.29, 0.717) is 22.5 Å². The highest BCUT2D eigenvalue weighted by Gasteiger charge is 2.08. The number of rotatable bonds is 2. The molecular weight excluding hydrogens is 271 g/mol. The summed E-state index contributed by atoms with van der Waals surface area (Å²) in [5.74, 6) is 0.160. The Labute approximate surface area is 119 Å². The van der Waals surface area contributed by atoms with Gasteiger partial charge in [0.2, 0.25) is 0 Å². The van der Waals surface area contributed by atoms with E-state index in [1.807, 2.05) is 0 Å². The lowest BCUT2D eigenvalue weighted by molar-refractivity contribution is 0.632. The quantitative estimate of drug-likeness (QED) is 0.631. The van der Waals surface area contributed by atoms with Crippen molar-refractivity contribution in [2.24, 2.45) is 0 Å². The van der Waals surface area contributed by atoms with Crippen LogP contribution in [-0.2, 0) is 0 Å². The molecule has 0 fully saturated rings. The van der Waals surface area contributed by atoms with Gasteiger partial charge in [0.25, 0.3) is 5.56 Å². The van der Waals surface area contributed by atoms with Gasteiger partial charge in [0.15, 0.2) is 0 Å². The first-order valence-corrected chi connectivity index (χ1v) is 6.34. The molecule has 4 N–H and O–H groups in total. The van der Waals surface area contributed by atoms with Crippen LogP contribution in [0.4, 0.5) is 15.9 Å². The lowest BCUT2D eigenvalue weighted by atomic mass is 10.0. The van der Waals surface area contributed by atoms with Gasteiger partial charge in [-0.25, -0.2) is 9.37 Å². The number of benzene rings is 1. The molecule has 0 spiro atoms. The molecule has 0 aliphatic rings. The van der Waals surface area contributed by atoms with Gasteiger partial charge in [0, 0.05) is 30.3 Å². The zero-order chi connectivity index (χ0) is 15.0. The molecule has 21 heavy (non-hydrogen) atoms. The fourth-order valence-corrected chi connectivity index (χ4v) is 2.16. The number of H-pyrrole nitrogens is 1. The van der Waals surface area contributed by atoms with Gasteiger partial charge in [-0.05, 0) is 23.8 Å². The predicted molar refractivity (Wildman–Crippen MR) is 81.7 cm³/mol. The summed E-state index contributed by atoms with van der Waals surface area (Å²) in [7, 11) is 1.75. The van der Waals surface area contributed by atoms with Crippen LogP contribution in [0.3, 0.4) is 0 Å². The second kappa shape index (κ2) is 4.90. The minimum Gasteiger partial charge on any atom is -0.396 e. The van der Waals surface area contributed by atoms with E-state index in [4.69, 9.17) is 5.73 Å². The topological polar surface area (TPSA) is 83.8 Å². The Kier molecular flexibility index (Phi) is 3.06. The molecule has 0 bridgehead atoms. The number of aromatic nitrogens is 2. The van der Waals surface area contributed by atoms with Crippen LogP contribution in [-0.4, -0.2) is 17.0 Å². The molecular formula is C15H13FN4O. The molecule has 0 unspecified atom stereocenters. The van der Waals surface area contributed by atoms with Crippen molar-refractivity contribution in [1.29, 1.82) is 0 Å². The molecule has 0 radical (unpaired) electrons. The number of nitrogen functional groups attached to an aromatic ring is 1. The number of nitrogens with zero attached hydrogens (tertiary/aromatic N) is 1. The highest BCUT2D eigenvalue weighted by molar-refractivity contribution is 5.84. The van der Waals surface area contributed by atoms with Crippen LogP contribution in [0.1, 0.15) is 0 Å². The van der Waals surface area contributed by atoms with Crippen LogP contribution in [0.25, 0.3) is 22.0 Å². The van der Waals surface area contributed by atoms with Gasteiger partial charge < -0.3 is 16.0 Å². The summed E-state index contributed by atoms with van der Waals surface area (Å²) in [5, 5.41) is 3.69. The van der Waals surface area contributed by atoms with Crippen molar-refractivity contribution in [2.75, 3.05) is 18.1 Å². The number of pyridine rings is 2. The van der Waals surface area contributed by atoms with Crippen LogP contribution in [0.15, 0.2) is 41.3 Å². The second-order valence-electron chi connectivity index (χ2n) is 4.66. The van der Waals surface area contributed by atoms with Crippen LogP contribution < -0.4 is 16.6 Å². The number of nitrogens with one attached hydrogen (secondary N) is 2. The van der Waals surface area contributed by atoms with Crippen LogP contribution >= 0.6 is 0 Å². The zero-order valence-corrected chi connectivity index (χ0v) is 11.3. The molecule has 106 valence electrons. The third kappa shape index (κ3) is 2.31. The van der Waals surface area contributed by atoms with Crippen molar-refractivity contribution >= 4 is 22.4 Å². The average molecular weight is 284 g/mol. The molecule has 0 aliphatic carbocycles. The van der Waals surface area contributed by atoms with Crippen molar-refractivity contribution in [3.8, 4) is 11.1 Å². The molecule has 3 aromatic rings. The Hall–Kier alpha value is -2.89. The van der Waals surface area contributed by atoms with Crippen molar-refractivity contribution in [3.63, 3.8) is 0 Å². The Morgan fingerprint density at radius 1 is 1.29 bits per heavy atom. The van der Waals surface area contributed by atoms with E-state index in [-0.39, 0.29) is 11.2 Å². The first-order chi connectivity index (χ1) is 10.1. The first-order valence-electron chi connectivity index (χ1n) is 6.34. The van der Waals surface area contributed by atoms with Gasteiger partial charge in [-0.2, -0.15) is 0 Å². The molecule has 0 atom stereocenters. The Morgan fingerprint density at radius 3 is 2.81 bits per heavy atom. The lowest BCUT2D eigenvalue weighted by Gasteiger charge is -2.06. The maximum Gasteiger partial charge on any atom is 0.256 e. The van der Waals surface area contributed by atoms with Gasteiger partial charge >= 0.3 is 0 Å². The van der Waals surface area contributed by atoms with E-state index < -0.39 is 5.82 Å². The average Bonchev–Trinajstić information content (AvgIpc) is 2.49. The monoisotopic (exact) mass is 284 g/mol. The summed E-state index contributed by atoms with van der Waals surface area (Å²) >= 11 is 0. The van der Waals surface area contributed by atoms with Crippen LogP contribution in [0.2, 0.25) is 0 Å². The molecule has 6 heteroatoms. The number of hydrogen-bond donors (Lipinski definition) is 3. The summed E-state index contributed by atoms with van der Waals surface area (Å²) in [6.45, 7) is 0. The Morgan fingerprint density at radius 2 is 2.10 bits per heavy atom. The van der Waals surface area contributed by atoms with Gasteiger partial charge in [-0.3, -0.25) is 4.79 Å². The smallest absolute Gasteiger partial charge is 0.256 e. The third-order valence-corrected chi connectivity index (χ3v) is 3.29. The molecule has 0 aliphatic heterocycles. The third-order valence-electron chi connectivity index (χ3n) is 3.29. The number of anilines is 2. The highest BCUT2D eigenvalue weighted by atomic mass is 19.1. The van der Waals surface area contributed by atoms with E-state index in [1.54, 1.807) is 25.4 Å². The number of aromatic amines is 1. The van der Waals surface area contributed by atoms with Crippen molar-refractivity contribution in [3.05, 3.63) is 52.7 Å². The molecule has 5 nitrogen and oxygen atoms in total. The van der Waals surface area contributed by atoms with E-state index >= 15 is 0 Å². The molecule has 0 amide bonds. The SMILES string of the molecule is CNc1cc2[nH]c(=O)c(-c3ccc(F)c(N)c3)cc2cn1. The standard InChI is InChI=1S/C15H13FN4O/c1-18-14-6-13-9(7-19-14)4-10(15(21)20-13)8-2-3-11(16)12(17)5-8/h2-7H,17H2,1H3,(H,18,19)(H,20,21). The highest BCUT2D eigenvalue weighted by Crippen LogP contribution is 2.23. The Balaban J connectivity index is 2.21. The van der Waals surface area contributed by atoms with E-state index in [9.17, 15) is 9.18 Å². The first kappa shape index (κ1) is 13.1. The molecule has 3 rings (SSSR count). The van der Waals surface area contributed by atoms with Gasteiger partial charge in [-0.15, -0.1) is 0 Å². The van der Waals surface area contributed by atoms with E-state index in [0.717, 1.165) is 5.39 Å². The van der Waals surface area contributed by atoms with Crippen molar-refractivity contribution < 1.29 is 4.39 Å². The second-order valence-corrected chi connectivity index (χ2v) is 4.66. The largest absolute Gasteiger partial charge is 0.396 e. The lowest BCUT2D eigenvalue weighted by Crippen LogP contribution is -2.09.